The van der Waals surface area contributed by atoms with Crippen molar-refractivity contribution in [1.29, 1.82) is 0 Å². The quantitative estimate of drug-likeness (QED) is 0.383. The van der Waals surface area contributed by atoms with Crippen LogP contribution in [0.2, 0.25) is 0 Å². The number of rotatable bonds is 4. The predicted octanol–water partition coefficient (Wildman–Crippen LogP) is 2.71. The Morgan fingerprint density at radius 1 is 1.04 bits per heavy atom. The van der Waals surface area contributed by atoms with Gasteiger partial charge in [-0.25, -0.2) is 27.4 Å². The molecule has 1 unspecified atom stereocenters. The summed E-state index contributed by atoms with van der Waals surface area (Å²) < 4.78 is 126. The SMILES string of the molecule is CC(F)(C(F)(F)F)C(F)(F)N(N)S(=O)(=O)c1cc(F)ccc1F. The molecule has 1 atom stereocenters. The summed E-state index contributed by atoms with van der Waals surface area (Å²) in [5, 5.41) is 0. The maximum Gasteiger partial charge on any atom is 0.429 e. The van der Waals surface area contributed by atoms with Crippen LogP contribution in [0.25, 0.3) is 0 Å². The van der Waals surface area contributed by atoms with Crippen LogP contribution in [0.4, 0.5) is 35.1 Å². The summed E-state index contributed by atoms with van der Waals surface area (Å²) in [4.78, 5) is -1.78. The summed E-state index contributed by atoms with van der Waals surface area (Å²) in [6.45, 7) is -0.648. The van der Waals surface area contributed by atoms with Gasteiger partial charge >= 0.3 is 12.2 Å². The monoisotopic (exact) mass is 372 g/mol. The van der Waals surface area contributed by atoms with E-state index in [1.807, 2.05) is 0 Å². The summed E-state index contributed by atoms with van der Waals surface area (Å²) in [6.07, 6.45) is -6.20. The van der Waals surface area contributed by atoms with Crippen LogP contribution < -0.4 is 5.84 Å². The molecule has 0 spiro atoms. The fraction of sp³-hybridized carbons (Fsp3) is 0.400. The van der Waals surface area contributed by atoms with Gasteiger partial charge in [0.05, 0.1) is 0 Å². The maximum absolute atomic E-state index is 13.6. The van der Waals surface area contributed by atoms with Crippen molar-refractivity contribution in [1.82, 2.24) is 4.41 Å². The highest BCUT2D eigenvalue weighted by molar-refractivity contribution is 7.89. The molecule has 132 valence electrons. The van der Waals surface area contributed by atoms with Gasteiger partial charge in [0.25, 0.3) is 15.7 Å². The smallest absolute Gasteiger partial charge is 0.249 e. The first-order chi connectivity index (χ1) is 10.1. The molecule has 1 rings (SSSR count). The van der Waals surface area contributed by atoms with Gasteiger partial charge in [-0.05, 0) is 25.1 Å². The number of benzene rings is 1. The second kappa shape index (κ2) is 5.56. The Kier molecular flexibility index (Phi) is 4.73. The molecule has 0 heterocycles. The molecular formula is C10H8F8N2O2S. The van der Waals surface area contributed by atoms with Crippen LogP contribution >= 0.6 is 0 Å². The minimum atomic E-state index is -6.20. The van der Waals surface area contributed by atoms with Crippen LogP contribution in [-0.4, -0.2) is 30.7 Å². The Labute approximate surface area is 124 Å². The minimum absolute atomic E-state index is 0.0935. The zero-order chi connectivity index (χ0) is 18.4. The van der Waals surface area contributed by atoms with Gasteiger partial charge in [0, 0.05) is 0 Å². The van der Waals surface area contributed by atoms with Crippen molar-refractivity contribution >= 4 is 10.0 Å². The van der Waals surface area contributed by atoms with E-state index in [0.717, 1.165) is 0 Å². The lowest BCUT2D eigenvalue weighted by Gasteiger charge is -2.36. The second-order valence-corrected chi connectivity index (χ2v) is 6.20. The Morgan fingerprint density at radius 3 is 1.96 bits per heavy atom. The van der Waals surface area contributed by atoms with E-state index in [0.29, 0.717) is 6.07 Å². The van der Waals surface area contributed by atoms with E-state index in [4.69, 9.17) is 0 Å². The number of hydrogen-bond donors (Lipinski definition) is 1. The molecule has 0 fully saturated rings. The summed E-state index contributed by atoms with van der Waals surface area (Å²) >= 11 is 0. The zero-order valence-corrected chi connectivity index (χ0v) is 11.8. The highest BCUT2D eigenvalue weighted by Gasteiger charge is 2.72. The lowest BCUT2D eigenvalue weighted by atomic mass is 10.1. The molecule has 0 radical (unpaired) electrons. The number of nitrogens with zero attached hydrogens (tertiary/aromatic N) is 1. The van der Waals surface area contributed by atoms with Gasteiger partial charge in [0.2, 0.25) is 0 Å². The third kappa shape index (κ3) is 3.12. The number of alkyl halides is 6. The van der Waals surface area contributed by atoms with Crippen molar-refractivity contribution in [2.24, 2.45) is 5.84 Å². The van der Waals surface area contributed by atoms with Crippen molar-refractivity contribution < 1.29 is 43.5 Å². The van der Waals surface area contributed by atoms with Crippen molar-refractivity contribution in [3.63, 3.8) is 0 Å². The average molecular weight is 372 g/mol. The highest BCUT2D eigenvalue weighted by Crippen LogP contribution is 2.47. The number of sulfonamides is 1. The zero-order valence-electron chi connectivity index (χ0n) is 11.0. The van der Waals surface area contributed by atoms with Gasteiger partial charge in [-0.2, -0.15) is 22.0 Å². The Morgan fingerprint density at radius 2 is 1.52 bits per heavy atom. The van der Waals surface area contributed by atoms with Crippen LogP contribution in [0.5, 0.6) is 0 Å². The van der Waals surface area contributed by atoms with Gasteiger partial charge in [-0.15, -0.1) is 0 Å². The third-order valence-electron chi connectivity index (χ3n) is 2.80. The first-order valence-electron chi connectivity index (χ1n) is 5.45. The molecule has 0 amide bonds. The molecule has 0 bridgehead atoms. The van der Waals surface area contributed by atoms with Crippen LogP contribution in [0, 0.1) is 11.6 Å². The van der Waals surface area contributed by atoms with E-state index < -0.39 is 55.8 Å². The second-order valence-electron chi connectivity index (χ2n) is 4.42. The Balaban J connectivity index is 3.47. The first-order valence-corrected chi connectivity index (χ1v) is 6.89. The largest absolute Gasteiger partial charge is 0.429 e. The average Bonchev–Trinajstić information content (AvgIpc) is 2.38. The van der Waals surface area contributed by atoms with E-state index in [9.17, 15) is 43.5 Å². The van der Waals surface area contributed by atoms with Crippen LogP contribution in [0.3, 0.4) is 0 Å². The van der Waals surface area contributed by atoms with Gasteiger partial charge in [0.1, 0.15) is 16.5 Å². The van der Waals surface area contributed by atoms with Crippen LogP contribution in [-0.2, 0) is 10.0 Å². The number of nitrogens with two attached hydrogens (primary N) is 1. The number of hydrazine groups is 1. The van der Waals surface area contributed by atoms with Crippen molar-refractivity contribution in [3.8, 4) is 0 Å². The standard InChI is InChI=1S/C10H8F8N2O2S/c1-8(13,9(14,15)16)10(17,18)20(19)23(21,22)7-4-5(11)2-3-6(7)12/h2-4H,19H2,1H3. The van der Waals surface area contributed by atoms with Crippen molar-refractivity contribution in [2.75, 3.05) is 0 Å². The van der Waals surface area contributed by atoms with Crippen LogP contribution in [0.1, 0.15) is 6.92 Å². The van der Waals surface area contributed by atoms with Gasteiger partial charge in [-0.3, -0.25) is 0 Å². The summed E-state index contributed by atoms with van der Waals surface area (Å²) in [6, 6.07) is -5.30. The van der Waals surface area contributed by atoms with E-state index in [1.54, 1.807) is 0 Å². The molecule has 13 heteroatoms. The van der Waals surface area contributed by atoms with Crippen LogP contribution in [0.15, 0.2) is 23.1 Å². The highest BCUT2D eigenvalue weighted by atomic mass is 32.2. The summed E-state index contributed by atoms with van der Waals surface area (Å²) in [5.41, 5.74) is -5.40. The summed E-state index contributed by atoms with van der Waals surface area (Å²) in [7, 11) is -5.89. The molecule has 0 aliphatic rings. The van der Waals surface area contributed by atoms with Crippen molar-refractivity contribution in [3.05, 3.63) is 29.8 Å². The molecule has 0 saturated carbocycles. The third-order valence-corrected chi connectivity index (χ3v) is 4.42. The molecular weight excluding hydrogens is 364 g/mol. The topological polar surface area (TPSA) is 63.4 Å². The molecule has 0 saturated heterocycles. The normalized spacial score (nSPS) is 16.5. The van der Waals surface area contributed by atoms with E-state index in [2.05, 4.69) is 5.84 Å². The molecule has 4 nitrogen and oxygen atoms in total. The first kappa shape index (κ1) is 19.6. The van der Waals surface area contributed by atoms with Gasteiger partial charge < -0.3 is 0 Å². The summed E-state index contributed by atoms with van der Waals surface area (Å²) in [5.74, 6) is 1.25. The molecule has 23 heavy (non-hydrogen) atoms. The minimum Gasteiger partial charge on any atom is -0.249 e. The lowest BCUT2D eigenvalue weighted by molar-refractivity contribution is -0.322. The number of hydrogen-bond acceptors (Lipinski definition) is 3. The molecule has 0 aliphatic carbocycles. The Hall–Kier alpha value is -1.47. The molecule has 1 aromatic carbocycles. The molecule has 1 aromatic rings. The predicted molar refractivity (Wildman–Crippen MR) is 60.1 cm³/mol. The molecule has 0 aliphatic heterocycles. The van der Waals surface area contributed by atoms with E-state index in [1.165, 1.54) is 0 Å². The Bertz CT molecular complexity index is 701. The maximum atomic E-state index is 13.6. The molecule has 0 aromatic heterocycles. The van der Waals surface area contributed by atoms with E-state index in [-0.39, 0.29) is 12.1 Å². The number of halogens is 8. The van der Waals surface area contributed by atoms with E-state index >= 15 is 0 Å². The lowest BCUT2D eigenvalue weighted by Crippen LogP contribution is -2.65. The fourth-order valence-corrected chi connectivity index (χ4v) is 2.57. The van der Waals surface area contributed by atoms with Gasteiger partial charge in [-0.1, -0.05) is 4.41 Å². The van der Waals surface area contributed by atoms with Crippen molar-refractivity contribution in [2.45, 2.75) is 29.7 Å². The molecule has 2 N–H and O–H groups in total. The fourth-order valence-electron chi connectivity index (χ4n) is 1.31. The van der Waals surface area contributed by atoms with Gasteiger partial charge in [0.15, 0.2) is 0 Å².